The van der Waals surface area contributed by atoms with Gasteiger partial charge in [0, 0.05) is 23.0 Å². The standard InChI is InChI=1S/C25H28N2O2/c1-6-14-29-22-15-18(4)26-24(20-12-10-16(2)11-13-20)23(22)25(28)27-21-9-7-8-17(3)19(21)5/h7-13,15H,6,14H2,1-5H3,(H,27,28). The summed E-state index contributed by atoms with van der Waals surface area (Å²) in [5.74, 6) is 0.352. The van der Waals surface area contributed by atoms with Crippen molar-refractivity contribution in [3.8, 4) is 17.0 Å². The van der Waals surface area contributed by atoms with E-state index in [2.05, 4.69) is 5.32 Å². The van der Waals surface area contributed by atoms with Gasteiger partial charge in [-0.15, -0.1) is 0 Å². The smallest absolute Gasteiger partial charge is 0.261 e. The number of nitrogens with one attached hydrogen (secondary N) is 1. The number of ether oxygens (including phenoxy) is 1. The van der Waals surface area contributed by atoms with Crippen LogP contribution in [0, 0.1) is 27.7 Å². The summed E-state index contributed by atoms with van der Waals surface area (Å²) in [7, 11) is 0. The van der Waals surface area contributed by atoms with Crippen molar-refractivity contribution < 1.29 is 9.53 Å². The number of anilines is 1. The molecule has 0 aliphatic heterocycles. The predicted octanol–water partition coefficient (Wildman–Crippen LogP) is 6.02. The number of aryl methyl sites for hydroxylation is 3. The molecule has 1 amide bonds. The molecule has 0 spiro atoms. The van der Waals surface area contributed by atoms with Crippen LogP contribution in [-0.4, -0.2) is 17.5 Å². The number of rotatable bonds is 6. The molecular formula is C25H28N2O2. The van der Waals surface area contributed by atoms with E-state index in [-0.39, 0.29) is 5.91 Å². The first-order chi connectivity index (χ1) is 13.9. The van der Waals surface area contributed by atoms with Crippen molar-refractivity contribution in [1.29, 1.82) is 0 Å². The molecule has 1 aromatic heterocycles. The van der Waals surface area contributed by atoms with Crippen LogP contribution in [0.2, 0.25) is 0 Å². The Hall–Kier alpha value is -3.14. The molecule has 0 aliphatic rings. The first-order valence-electron chi connectivity index (χ1n) is 9.99. The van der Waals surface area contributed by atoms with Gasteiger partial charge in [0.2, 0.25) is 0 Å². The maximum Gasteiger partial charge on any atom is 0.261 e. The molecule has 0 radical (unpaired) electrons. The van der Waals surface area contributed by atoms with Gasteiger partial charge in [-0.1, -0.05) is 48.9 Å². The van der Waals surface area contributed by atoms with E-state index in [1.54, 1.807) is 0 Å². The van der Waals surface area contributed by atoms with E-state index in [4.69, 9.17) is 9.72 Å². The average molecular weight is 389 g/mol. The Kier molecular flexibility index (Phi) is 6.32. The van der Waals surface area contributed by atoms with E-state index >= 15 is 0 Å². The Morgan fingerprint density at radius 1 is 1.03 bits per heavy atom. The molecular weight excluding hydrogens is 360 g/mol. The van der Waals surface area contributed by atoms with Crippen molar-refractivity contribution in [1.82, 2.24) is 4.98 Å². The molecule has 0 unspecified atom stereocenters. The Labute approximate surface area is 173 Å². The van der Waals surface area contributed by atoms with Crippen molar-refractivity contribution in [2.75, 3.05) is 11.9 Å². The van der Waals surface area contributed by atoms with Gasteiger partial charge in [0.1, 0.15) is 11.3 Å². The SMILES string of the molecule is CCCOc1cc(C)nc(-c2ccc(C)cc2)c1C(=O)Nc1cccc(C)c1C. The first kappa shape index (κ1) is 20.6. The largest absolute Gasteiger partial charge is 0.493 e. The van der Waals surface area contributed by atoms with Gasteiger partial charge in [0.05, 0.1) is 12.3 Å². The number of benzene rings is 2. The molecule has 4 nitrogen and oxygen atoms in total. The zero-order valence-electron chi connectivity index (χ0n) is 17.8. The van der Waals surface area contributed by atoms with Crippen molar-refractivity contribution in [3.05, 3.63) is 76.5 Å². The number of carbonyl (C=O) groups is 1. The number of hydrogen-bond donors (Lipinski definition) is 1. The third kappa shape index (κ3) is 4.65. The van der Waals surface area contributed by atoms with Crippen molar-refractivity contribution in [3.63, 3.8) is 0 Å². The molecule has 1 heterocycles. The highest BCUT2D eigenvalue weighted by Crippen LogP contribution is 2.32. The van der Waals surface area contributed by atoms with Crippen molar-refractivity contribution in [2.24, 2.45) is 0 Å². The monoisotopic (exact) mass is 388 g/mol. The molecule has 0 aliphatic carbocycles. The Morgan fingerprint density at radius 3 is 2.45 bits per heavy atom. The topological polar surface area (TPSA) is 51.2 Å². The summed E-state index contributed by atoms with van der Waals surface area (Å²) in [4.78, 5) is 18.1. The van der Waals surface area contributed by atoms with Gasteiger partial charge >= 0.3 is 0 Å². The van der Waals surface area contributed by atoms with Crippen LogP contribution in [0.25, 0.3) is 11.3 Å². The molecule has 3 aromatic rings. The summed E-state index contributed by atoms with van der Waals surface area (Å²) < 4.78 is 5.96. The highest BCUT2D eigenvalue weighted by atomic mass is 16.5. The fourth-order valence-electron chi connectivity index (χ4n) is 3.18. The van der Waals surface area contributed by atoms with Gasteiger partial charge in [-0.3, -0.25) is 9.78 Å². The lowest BCUT2D eigenvalue weighted by Gasteiger charge is -2.17. The number of hydrogen-bond acceptors (Lipinski definition) is 3. The molecule has 0 atom stereocenters. The fraction of sp³-hybridized carbons (Fsp3) is 0.280. The van der Waals surface area contributed by atoms with Crippen molar-refractivity contribution in [2.45, 2.75) is 41.0 Å². The second-order valence-corrected chi connectivity index (χ2v) is 7.40. The van der Waals surface area contributed by atoms with Gasteiger partial charge in [-0.2, -0.15) is 0 Å². The van der Waals surface area contributed by atoms with Crippen LogP contribution < -0.4 is 10.1 Å². The normalized spacial score (nSPS) is 10.7. The molecule has 0 saturated heterocycles. The van der Waals surface area contributed by atoms with Crippen LogP contribution in [0.5, 0.6) is 5.75 Å². The van der Waals surface area contributed by atoms with Crippen LogP contribution in [-0.2, 0) is 0 Å². The van der Waals surface area contributed by atoms with Gasteiger partial charge in [0.15, 0.2) is 0 Å². The van der Waals surface area contributed by atoms with Gasteiger partial charge < -0.3 is 10.1 Å². The Balaban J connectivity index is 2.11. The maximum atomic E-state index is 13.4. The minimum Gasteiger partial charge on any atom is -0.493 e. The van der Waals surface area contributed by atoms with E-state index in [1.807, 2.05) is 83.1 Å². The van der Waals surface area contributed by atoms with Crippen LogP contribution in [0.1, 0.15) is 46.1 Å². The van der Waals surface area contributed by atoms with Gasteiger partial charge in [-0.25, -0.2) is 0 Å². The van der Waals surface area contributed by atoms with Crippen LogP contribution in [0.3, 0.4) is 0 Å². The van der Waals surface area contributed by atoms with E-state index < -0.39 is 0 Å². The Morgan fingerprint density at radius 2 is 1.76 bits per heavy atom. The lowest BCUT2D eigenvalue weighted by molar-refractivity contribution is 0.102. The van der Waals surface area contributed by atoms with Gasteiger partial charge in [-0.05, 0) is 51.3 Å². The number of pyridine rings is 1. The third-order valence-corrected chi connectivity index (χ3v) is 4.98. The fourth-order valence-corrected chi connectivity index (χ4v) is 3.18. The molecule has 1 N–H and O–H groups in total. The first-order valence-corrected chi connectivity index (χ1v) is 9.99. The minimum absolute atomic E-state index is 0.215. The van der Waals surface area contributed by atoms with Crippen LogP contribution in [0.4, 0.5) is 5.69 Å². The summed E-state index contributed by atoms with van der Waals surface area (Å²) >= 11 is 0. The highest BCUT2D eigenvalue weighted by Gasteiger charge is 2.22. The van der Waals surface area contributed by atoms with E-state index in [9.17, 15) is 4.79 Å². The molecule has 0 saturated carbocycles. The summed E-state index contributed by atoms with van der Waals surface area (Å²) in [5, 5.41) is 3.07. The third-order valence-electron chi connectivity index (χ3n) is 4.98. The number of aromatic nitrogens is 1. The Bertz CT molecular complexity index is 1020. The number of amides is 1. The predicted molar refractivity (Wildman–Crippen MR) is 119 cm³/mol. The highest BCUT2D eigenvalue weighted by molar-refractivity contribution is 6.10. The van der Waals surface area contributed by atoms with Crippen molar-refractivity contribution >= 4 is 11.6 Å². The molecule has 29 heavy (non-hydrogen) atoms. The molecule has 2 aromatic carbocycles. The summed E-state index contributed by atoms with van der Waals surface area (Å²) in [6.07, 6.45) is 0.860. The number of carbonyl (C=O) groups excluding carboxylic acids is 1. The summed E-state index contributed by atoms with van der Waals surface area (Å²) in [5.41, 5.74) is 6.95. The average Bonchev–Trinajstić information content (AvgIpc) is 2.69. The van der Waals surface area contributed by atoms with E-state index in [0.29, 0.717) is 23.6 Å². The molecule has 0 bridgehead atoms. The van der Waals surface area contributed by atoms with Crippen LogP contribution in [0.15, 0.2) is 48.5 Å². The zero-order valence-corrected chi connectivity index (χ0v) is 17.8. The molecule has 0 fully saturated rings. The lowest BCUT2D eigenvalue weighted by atomic mass is 10.0. The summed E-state index contributed by atoms with van der Waals surface area (Å²) in [6.45, 7) is 10.6. The molecule has 4 heteroatoms. The molecule has 3 rings (SSSR count). The van der Waals surface area contributed by atoms with E-state index in [1.165, 1.54) is 0 Å². The second-order valence-electron chi connectivity index (χ2n) is 7.40. The maximum absolute atomic E-state index is 13.4. The summed E-state index contributed by atoms with van der Waals surface area (Å²) in [6, 6.07) is 15.8. The lowest BCUT2D eigenvalue weighted by Crippen LogP contribution is -2.17. The minimum atomic E-state index is -0.215. The zero-order chi connectivity index (χ0) is 21.0. The van der Waals surface area contributed by atoms with Crippen LogP contribution >= 0.6 is 0 Å². The second kappa shape index (κ2) is 8.91. The van der Waals surface area contributed by atoms with E-state index in [0.717, 1.165) is 40.1 Å². The molecule has 150 valence electrons. The number of nitrogens with zero attached hydrogens (tertiary/aromatic N) is 1. The van der Waals surface area contributed by atoms with Gasteiger partial charge in [0.25, 0.3) is 5.91 Å². The quantitative estimate of drug-likeness (QED) is 0.561.